The van der Waals surface area contributed by atoms with Crippen LogP contribution in [0.15, 0.2) is 12.1 Å². The van der Waals surface area contributed by atoms with Gasteiger partial charge in [0.2, 0.25) is 0 Å². The maximum Gasteiger partial charge on any atom is 0.182 e. The third kappa shape index (κ3) is 2.01. The number of rotatable bonds is 2. The maximum atomic E-state index is 9.66. The Kier molecular flexibility index (Phi) is 2.73. The quantitative estimate of drug-likeness (QED) is 0.764. The zero-order valence-electron chi connectivity index (χ0n) is 8.40. The van der Waals surface area contributed by atoms with Gasteiger partial charge in [-0.15, -0.1) is 0 Å². The second-order valence-electron chi connectivity index (χ2n) is 3.42. The van der Waals surface area contributed by atoms with Crippen LogP contribution in [0.3, 0.4) is 0 Å². The topological polar surface area (TPSA) is 66.1 Å². The van der Waals surface area contributed by atoms with Crippen molar-refractivity contribution in [2.75, 3.05) is 7.11 Å². The average molecular weight is 192 g/mol. The summed E-state index contributed by atoms with van der Waals surface area (Å²) in [7, 11) is 1.47. The van der Waals surface area contributed by atoms with Gasteiger partial charge in [0.1, 0.15) is 11.7 Å². The fourth-order valence-corrected chi connectivity index (χ4v) is 1.03. The van der Waals surface area contributed by atoms with Crippen LogP contribution < -0.4 is 4.74 Å². The van der Waals surface area contributed by atoms with Crippen molar-refractivity contribution in [1.82, 2.24) is 4.98 Å². The minimum atomic E-state index is -1.04. The first-order valence-corrected chi connectivity index (χ1v) is 4.17. The minimum Gasteiger partial charge on any atom is -0.494 e. The largest absolute Gasteiger partial charge is 0.494 e. The summed E-state index contributed by atoms with van der Waals surface area (Å²) in [6, 6.07) is 5.17. The van der Waals surface area contributed by atoms with Crippen LogP contribution >= 0.6 is 0 Å². The normalized spacial score (nSPS) is 10.8. The van der Waals surface area contributed by atoms with Crippen LogP contribution in [-0.2, 0) is 5.60 Å². The molecule has 1 aromatic heterocycles. The fraction of sp³-hybridized carbons (Fsp3) is 0.400. The Morgan fingerprint density at radius 1 is 1.50 bits per heavy atom. The molecule has 0 aliphatic carbocycles. The van der Waals surface area contributed by atoms with Crippen molar-refractivity contribution < 1.29 is 9.84 Å². The van der Waals surface area contributed by atoms with Crippen LogP contribution in [0.4, 0.5) is 0 Å². The molecule has 1 rings (SSSR count). The van der Waals surface area contributed by atoms with Gasteiger partial charge in [-0.1, -0.05) is 0 Å². The third-order valence-electron chi connectivity index (χ3n) is 1.81. The lowest BCUT2D eigenvalue weighted by Crippen LogP contribution is -2.18. The van der Waals surface area contributed by atoms with Gasteiger partial charge < -0.3 is 9.84 Å². The second-order valence-corrected chi connectivity index (χ2v) is 3.42. The molecule has 1 aromatic rings. The summed E-state index contributed by atoms with van der Waals surface area (Å²) in [6.45, 7) is 3.23. The van der Waals surface area contributed by atoms with Gasteiger partial charge in [0.15, 0.2) is 11.4 Å². The predicted octanol–water partition coefficient (Wildman–Crippen LogP) is 1.19. The van der Waals surface area contributed by atoms with E-state index in [9.17, 15) is 5.11 Å². The smallest absolute Gasteiger partial charge is 0.182 e. The molecule has 0 amide bonds. The molecular weight excluding hydrogens is 180 g/mol. The monoisotopic (exact) mass is 192 g/mol. The fourth-order valence-electron chi connectivity index (χ4n) is 1.03. The molecule has 0 aromatic carbocycles. The van der Waals surface area contributed by atoms with Crippen molar-refractivity contribution >= 4 is 0 Å². The van der Waals surface area contributed by atoms with Gasteiger partial charge in [0, 0.05) is 0 Å². The highest BCUT2D eigenvalue weighted by Gasteiger charge is 2.19. The lowest BCUT2D eigenvalue weighted by Gasteiger charge is -2.16. The van der Waals surface area contributed by atoms with Crippen molar-refractivity contribution in [1.29, 1.82) is 5.26 Å². The summed E-state index contributed by atoms with van der Waals surface area (Å²) in [5.41, 5.74) is -0.403. The van der Waals surface area contributed by atoms with Gasteiger partial charge in [-0.3, -0.25) is 0 Å². The zero-order valence-corrected chi connectivity index (χ0v) is 8.40. The molecule has 0 saturated carbocycles. The van der Waals surface area contributed by atoms with Gasteiger partial charge >= 0.3 is 0 Å². The molecule has 0 saturated heterocycles. The third-order valence-corrected chi connectivity index (χ3v) is 1.81. The van der Waals surface area contributed by atoms with Gasteiger partial charge in [-0.2, -0.15) is 5.26 Å². The first-order valence-electron chi connectivity index (χ1n) is 4.17. The van der Waals surface area contributed by atoms with Crippen molar-refractivity contribution in [2.45, 2.75) is 19.4 Å². The highest BCUT2D eigenvalue weighted by Crippen LogP contribution is 2.22. The van der Waals surface area contributed by atoms with Gasteiger partial charge in [0.05, 0.1) is 12.8 Å². The number of nitrogens with zero attached hydrogens (tertiary/aromatic N) is 2. The van der Waals surface area contributed by atoms with Crippen molar-refractivity contribution in [3.05, 3.63) is 23.5 Å². The van der Waals surface area contributed by atoms with Crippen molar-refractivity contribution in [3.8, 4) is 11.8 Å². The van der Waals surface area contributed by atoms with E-state index in [1.165, 1.54) is 7.11 Å². The van der Waals surface area contributed by atoms with Crippen LogP contribution in [0.5, 0.6) is 5.75 Å². The van der Waals surface area contributed by atoms with Crippen LogP contribution in [0, 0.1) is 11.3 Å². The van der Waals surface area contributed by atoms with E-state index in [0.29, 0.717) is 11.4 Å². The molecule has 74 valence electrons. The summed E-state index contributed by atoms with van der Waals surface area (Å²) in [5.74, 6) is 0.417. The van der Waals surface area contributed by atoms with Crippen molar-refractivity contribution in [2.24, 2.45) is 0 Å². The summed E-state index contributed by atoms with van der Waals surface area (Å²) in [4.78, 5) is 4.00. The molecule has 1 N–H and O–H groups in total. The van der Waals surface area contributed by atoms with Gasteiger partial charge in [-0.25, -0.2) is 4.98 Å². The van der Waals surface area contributed by atoms with Crippen LogP contribution in [0.2, 0.25) is 0 Å². The standard InChI is InChI=1S/C10H12N2O2/c1-10(2,13)9-5-4-8(14-3)7(6-11)12-9/h4-5,13H,1-3H3. The van der Waals surface area contributed by atoms with E-state index in [0.717, 1.165) is 0 Å². The molecule has 0 aliphatic heterocycles. The number of pyridine rings is 1. The highest BCUT2D eigenvalue weighted by molar-refractivity contribution is 5.38. The number of aliphatic hydroxyl groups is 1. The number of methoxy groups -OCH3 is 1. The summed E-state index contributed by atoms with van der Waals surface area (Å²) < 4.78 is 4.94. The molecule has 0 aliphatic rings. The number of nitriles is 1. The Bertz CT molecular complexity index is 375. The molecule has 0 fully saturated rings. The van der Waals surface area contributed by atoms with E-state index in [4.69, 9.17) is 10.00 Å². The first kappa shape index (κ1) is 10.5. The number of ether oxygens (including phenoxy) is 1. The molecule has 4 nitrogen and oxygen atoms in total. The average Bonchev–Trinajstić information content (AvgIpc) is 2.15. The van der Waals surface area contributed by atoms with E-state index in [1.807, 2.05) is 6.07 Å². The highest BCUT2D eigenvalue weighted by atomic mass is 16.5. The first-order chi connectivity index (χ1) is 6.49. The second kappa shape index (κ2) is 3.64. The molecule has 4 heteroatoms. The van der Waals surface area contributed by atoms with E-state index in [2.05, 4.69) is 4.98 Å². The maximum absolute atomic E-state index is 9.66. The zero-order chi connectivity index (χ0) is 10.8. The van der Waals surface area contributed by atoms with Gasteiger partial charge in [-0.05, 0) is 26.0 Å². The summed E-state index contributed by atoms with van der Waals surface area (Å²) in [5, 5.41) is 18.4. The lowest BCUT2D eigenvalue weighted by atomic mass is 10.0. The Morgan fingerprint density at radius 3 is 2.57 bits per heavy atom. The van der Waals surface area contributed by atoms with Crippen LogP contribution in [0.1, 0.15) is 25.2 Å². The van der Waals surface area contributed by atoms with Crippen LogP contribution in [0.25, 0.3) is 0 Å². The predicted molar refractivity (Wildman–Crippen MR) is 50.7 cm³/mol. The molecule has 0 atom stereocenters. The Balaban J connectivity index is 3.23. The Morgan fingerprint density at radius 2 is 2.14 bits per heavy atom. The minimum absolute atomic E-state index is 0.187. The molecular formula is C10H12N2O2. The van der Waals surface area contributed by atoms with E-state index >= 15 is 0 Å². The number of hydrogen-bond donors (Lipinski definition) is 1. The van der Waals surface area contributed by atoms with Crippen molar-refractivity contribution in [3.63, 3.8) is 0 Å². The van der Waals surface area contributed by atoms with Crippen LogP contribution in [-0.4, -0.2) is 17.2 Å². The SMILES string of the molecule is COc1ccc(C(C)(C)O)nc1C#N. The molecule has 0 radical (unpaired) electrons. The molecule has 0 unspecified atom stereocenters. The van der Waals surface area contributed by atoms with E-state index in [1.54, 1.807) is 26.0 Å². The van der Waals surface area contributed by atoms with E-state index < -0.39 is 5.60 Å². The summed E-state index contributed by atoms with van der Waals surface area (Å²) in [6.07, 6.45) is 0. The lowest BCUT2D eigenvalue weighted by molar-refractivity contribution is 0.0737. The summed E-state index contributed by atoms with van der Waals surface area (Å²) >= 11 is 0. The Labute approximate surface area is 82.8 Å². The molecule has 0 spiro atoms. The molecule has 14 heavy (non-hydrogen) atoms. The van der Waals surface area contributed by atoms with E-state index in [-0.39, 0.29) is 5.69 Å². The molecule has 0 bridgehead atoms. The van der Waals surface area contributed by atoms with Gasteiger partial charge in [0.25, 0.3) is 0 Å². The Hall–Kier alpha value is -1.60. The molecule has 1 heterocycles. The number of aromatic nitrogens is 1. The number of hydrogen-bond acceptors (Lipinski definition) is 4.